The number of amides is 1. The minimum absolute atomic E-state index is 0.0136. The summed E-state index contributed by atoms with van der Waals surface area (Å²) in [6.07, 6.45) is 3.61. The van der Waals surface area contributed by atoms with E-state index in [1.807, 2.05) is 53.6 Å². The minimum Gasteiger partial charge on any atom is -0.463 e. The smallest absolute Gasteiger partial charge is 0.277 e. The van der Waals surface area contributed by atoms with E-state index in [2.05, 4.69) is 33.4 Å². The summed E-state index contributed by atoms with van der Waals surface area (Å²) in [5, 5.41) is 2.06. The van der Waals surface area contributed by atoms with Crippen molar-refractivity contribution < 1.29 is 19.5 Å². The van der Waals surface area contributed by atoms with Crippen LogP contribution in [0, 0.1) is 0 Å². The summed E-state index contributed by atoms with van der Waals surface area (Å²) in [6.45, 7) is 3.56. The Morgan fingerprint density at radius 1 is 1.00 bits per heavy atom. The number of nitrogens with zero attached hydrogens (tertiary/aromatic N) is 2. The Hall–Kier alpha value is -3.12. The summed E-state index contributed by atoms with van der Waals surface area (Å²) < 4.78 is 5.62. The summed E-state index contributed by atoms with van der Waals surface area (Å²) in [6, 6.07) is 20.1. The average molecular weight is 378 g/mol. The van der Waals surface area contributed by atoms with Crippen molar-refractivity contribution in [3.05, 3.63) is 84.4 Å². The number of aromatic nitrogens is 1. The van der Waals surface area contributed by atoms with Crippen molar-refractivity contribution in [3.8, 4) is 0 Å². The first-order chi connectivity index (χ1) is 13.8. The number of hydrogen-bond acceptors (Lipinski definition) is 3. The van der Waals surface area contributed by atoms with Crippen LogP contribution < -0.4 is 15.2 Å². The molecule has 144 valence electrons. The molecule has 1 atom stereocenters. The van der Waals surface area contributed by atoms with Gasteiger partial charge in [-0.1, -0.05) is 36.4 Å². The predicted molar refractivity (Wildman–Crippen MR) is 106 cm³/mol. The van der Waals surface area contributed by atoms with Crippen molar-refractivity contribution in [1.82, 2.24) is 4.90 Å². The molecule has 6 heteroatoms. The molecule has 1 aliphatic rings. The van der Waals surface area contributed by atoms with Crippen LogP contribution >= 0.6 is 0 Å². The predicted octanol–water partition coefficient (Wildman–Crippen LogP) is 1.10. The maximum absolute atomic E-state index is 12.8. The fourth-order valence-corrected chi connectivity index (χ4v) is 3.67. The molecule has 0 unspecified atom stereocenters. The van der Waals surface area contributed by atoms with Crippen LogP contribution in [-0.4, -0.2) is 43.5 Å². The number of aromatic amines is 1. The van der Waals surface area contributed by atoms with Crippen molar-refractivity contribution in [2.75, 3.05) is 37.6 Å². The number of furan rings is 1. The molecule has 0 saturated carbocycles. The number of H-pyrrole nitrogens is 1. The van der Waals surface area contributed by atoms with Crippen LogP contribution in [0.15, 0.2) is 77.5 Å². The Morgan fingerprint density at radius 3 is 2.46 bits per heavy atom. The molecule has 2 aromatic heterocycles. The van der Waals surface area contributed by atoms with Gasteiger partial charge in [0.25, 0.3) is 11.7 Å². The van der Waals surface area contributed by atoms with Gasteiger partial charge in [-0.3, -0.25) is 9.69 Å². The number of nitrogens with two attached hydrogens (primary N) is 1. The van der Waals surface area contributed by atoms with E-state index in [1.54, 1.807) is 6.26 Å². The molecule has 1 aromatic carbocycles. The lowest BCUT2D eigenvalue weighted by Gasteiger charge is -2.30. The molecule has 0 radical (unpaired) electrons. The lowest BCUT2D eigenvalue weighted by molar-refractivity contribution is -0.679. The van der Waals surface area contributed by atoms with Crippen LogP contribution in [0.4, 0.5) is 5.82 Å². The third kappa shape index (κ3) is 4.23. The summed E-state index contributed by atoms with van der Waals surface area (Å²) in [5.41, 5.74) is 1.13. The molecule has 28 heavy (non-hydrogen) atoms. The van der Waals surface area contributed by atoms with E-state index in [1.165, 1.54) is 0 Å². The van der Waals surface area contributed by atoms with Crippen molar-refractivity contribution in [3.63, 3.8) is 0 Å². The summed E-state index contributed by atoms with van der Waals surface area (Å²) in [7, 11) is 0. The second-order valence-electron chi connectivity index (χ2n) is 6.96. The lowest BCUT2D eigenvalue weighted by Crippen LogP contribution is -2.88. The Balaban J connectivity index is 1.34. The van der Waals surface area contributed by atoms with Crippen LogP contribution in [-0.2, 0) is 4.79 Å². The molecule has 6 nitrogen and oxygen atoms in total. The molecular formula is C22H26N4O2+2. The Morgan fingerprint density at radius 2 is 1.79 bits per heavy atom. The van der Waals surface area contributed by atoms with Crippen LogP contribution in [0.5, 0.6) is 0 Å². The van der Waals surface area contributed by atoms with Crippen molar-refractivity contribution in [1.29, 1.82) is 0 Å². The number of pyridine rings is 1. The second-order valence-corrected chi connectivity index (χ2v) is 6.96. The molecule has 1 saturated heterocycles. The number of benzene rings is 1. The molecule has 3 N–H and O–H groups in total. The molecule has 3 heterocycles. The number of rotatable bonds is 6. The van der Waals surface area contributed by atoms with Gasteiger partial charge in [-0.15, -0.1) is 0 Å². The van der Waals surface area contributed by atoms with Crippen LogP contribution in [0.1, 0.15) is 17.4 Å². The maximum atomic E-state index is 12.8. The van der Waals surface area contributed by atoms with E-state index in [0.29, 0.717) is 6.54 Å². The summed E-state index contributed by atoms with van der Waals surface area (Å²) in [5.74, 6) is 2.13. The van der Waals surface area contributed by atoms with Gasteiger partial charge in [0.1, 0.15) is 13.1 Å². The summed E-state index contributed by atoms with van der Waals surface area (Å²) in [4.78, 5) is 20.3. The Bertz CT molecular complexity index is 860. The third-order valence-electron chi connectivity index (χ3n) is 5.20. The topological polar surface area (TPSA) is 67.4 Å². The fraction of sp³-hybridized carbons (Fsp3) is 0.273. The molecule has 0 spiro atoms. The average Bonchev–Trinajstić information content (AvgIpc) is 3.30. The van der Waals surface area contributed by atoms with E-state index < -0.39 is 0 Å². The second kappa shape index (κ2) is 8.71. The number of nitrogens with one attached hydrogen (secondary N) is 1. The van der Waals surface area contributed by atoms with Gasteiger partial charge < -0.3 is 14.6 Å². The van der Waals surface area contributed by atoms with E-state index in [-0.39, 0.29) is 11.9 Å². The van der Waals surface area contributed by atoms with Crippen molar-refractivity contribution >= 4 is 11.7 Å². The van der Waals surface area contributed by atoms with Gasteiger partial charge in [0, 0.05) is 11.6 Å². The molecule has 1 fully saturated rings. The number of hydrogen-bond donors (Lipinski definition) is 1. The number of quaternary nitrogens is 1. The monoisotopic (exact) mass is 378 g/mol. The first kappa shape index (κ1) is 18.3. The molecule has 4 rings (SSSR count). The van der Waals surface area contributed by atoms with E-state index in [0.717, 1.165) is 43.3 Å². The third-order valence-corrected chi connectivity index (χ3v) is 5.20. The van der Waals surface area contributed by atoms with E-state index in [9.17, 15) is 4.79 Å². The lowest BCUT2D eigenvalue weighted by atomic mass is 10.0. The van der Waals surface area contributed by atoms with Gasteiger partial charge in [0.05, 0.1) is 25.5 Å². The standard InChI is InChI=1S/C22H24N4O2/c27-21(26-14-12-25(13-15-26)20-10-4-5-11-23-20)17-24-22(19-9-6-16-28-19)18-7-2-1-3-8-18/h1-11,16,22,24H,12-15,17H2/p+2/t22-/m0/s1. The van der Waals surface area contributed by atoms with Crippen molar-refractivity contribution in [2.45, 2.75) is 6.04 Å². The normalized spacial score (nSPS) is 15.4. The van der Waals surface area contributed by atoms with Gasteiger partial charge in [-0.05, 0) is 18.2 Å². The highest BCUT2D eigenvalue weighted by Crippen LogP contribution is 2.18. The molecule has 0 aliphatic carbocycles. The zero-order valence-corrected chi connectivity index (χ0v) is 15.8. The molecule has 3 aromatic rings. The first-order valence-corrected chi connectivity index (χ1v) is 9.72. The summed E-state index contributed by atoms with van der Waals surface area (Å²) >= 11 is 0. The highest BCUT2D eigenvalue weighted by molar-refractivity contribution is 5.77. The Kier molecular flexibility index (Phi) is 5.68. The molecular weight excluding hydrogens is 352 g/mol. The Labute approximate surface area is 164 Å². The van der Waals surface area contributed by atoms with Gasteiger partial charge in [0.2, 0.25) is 0 Å². The molecule has 0 bridgehead atoms. The van der Waals surface area contributed by atoms with Crippen LogP contribution in [0.3, 0.4) is 0 Å². The van der Waals surface area contributed by atoms with Gasteiger partial charge in [-0.25, -0.2) is 4.98 Å². The quantitative estimate of drug-likeness (QED) is 0.698. The van der Waals surface area contributed by atoms with Crippen LogP contribution in [0.2, 0.25) is 0 Å². The fourth-order valence-electron chi connectivity index (χ4n) is 3.67. The van der Waals surface area contributed by atoms with Gasteiger partial charge in [-0.2, -0.15) is 0 Å². The zero-order valence-electron chi connectivity index (χ0n) is 15.8. The first-order valence-electron chi connectivity index (χ1n) is 9.72. The van der Waals surface area contributed by atoms with E-state index >= 15 is 0 Å². The largest absolute Gasteiger partial charge is 0.463 e. The molecule has 1 aliphatic heterocycles. The zero-order chi connectivity index (χ0) is 19.2. The number of carbonyl (C=O) groups excluding carboxylic acids is 1. The van der Waals surface area contributed by atoms with E-state index in [4.69, 9.17) is 4.42 Å². The van der Waals surface area contributed by atoms with Crippen molar-refractivity contribution in [2.24, 2.45) is 0 Å². The highest BCUT2D eigenvalue weighted by atomic mass is 16.3. The minimum atomic E-state index is -0.0136. The maximum Gasteiger partial charge on any atom is 0.277 e. The number of carbonyl (C=O) groups is 1. The van der Waals surface area contributed by atoms with Crippen LogP contribution in [0.25, 0.3) is 0 Å². The molecule has 1 amide bonds. The van der Waals surface area contributed by atoms with Gasteiger partial charge >= 0.3 is 0 Å². The highest BCUT2D eigenvalue weighted by Gasteiger charge is 2.28. The SMILES string of the molecule is O=C(C[NH2+][C@@H](c1ccccc1)c1ccco1)N1CCN(c2cccc[nH+]2)CC1. The number of anilines is 1. The number of piperazine rings is 1. The van der Waals surface area contributed by atoms with Gasteiger partial charge in [0.15, 0.2) is 18.3 Å².